The summed E-state index contributed by atoms with van der Waals surface area (Å²) in [5.74, 6) is 0.424. The Labute approximate surface area is 130 Å². The van der Waals surface area contributed by atoms with Gasteiger partial charge in [0.1, 0.15) is 12.4 Å². The zero-order valence-corrected chi connectivity index (χ0v) is 12.9. The van der Waals surface area contributed by atoms with Crippen molar-refractivity contribution in [2.75, 3.05) is 6.54 Å². The van der Waals surface area contributed by atoms with Crippen LogP contribution < -0.4 is 10.1 Å². The molecule has 116 valence electrons. The van der Waals surface area contributed by atoms with Gasteiger partial charge in [0, 0.05) is 12.1 Å². The standard InChI is InChI=1S/C18H21NO3/c1-13-5-3-6-15(9-13)12-22-17-8-4-7-16(10-17)18(21)19-11-14(2)20/h3-10,14,20H,11-12H2,1-2H3,(H,19,21). The zero-order chi connectivity index (χ0) is 15.9. The van der Waals surface area contributed by atoms with Crippen molar-refractivity contribution in [1.82, 2.24) is 5.32 Å². The van der Waals surface area contributed by atoms with Crippen molar-refractivity contribution >= 4 is 5.91 Å². The van der Waals surface area contributed by atoms with Crippen LogP contribution in [0.1, 0.15) is 28.4 Å². The second-order valence-electron chi connectivity index (χ2n) is 5.36. The molecule has 1 atom stereocenters. The van der Waals surface area contributed by atoms with Crippen molar-refractivity contribution in [2.24, 2.45) is 0 Å². The molecule has 2 aromatic rings. The summed E-state index contributed by atoms with van der Waals surface area (Å²) in [6.07, 6.45) is -0.565. The van der Waals surface area contributed by atoms with Gasteiger partial charge in [-0.2, -0.15) is 0 Å². The number of rotatable bonds is 6. The molecule has 0 aromatic heterocycles. The summed E-state index contributed by atoms with van der Waals surface area (Å²) >= 11 is 0. The van der Waals surface area contributed by atoms with Crippen LogP contribution in [0.4, 0.5) is 0 Å². The fourth-order valence-electron chi connectivity index (χ4n) is 2.04. The van der Waals surface area contributed by atoms with Crippen LogP contribution in [-0.2, 0) is 6.61 Å². The van der Waals surface area contributed by atoms with Gasteiger partial charge in [0.05, 0.1) is 6.10 Å². The van der Waals surface area contributed by atoms with Crippen LogP contribution in [0, 0.1) is 6.92 Å². The lowest BCUT2D eigenvalue weighted by atomic mass is 10.1. The molecule has 0 fully saturated rings. The van der Waals surface area contributed by atoms with E-state index in [0.29, 0.717) is 17.9 Å². The highest BCUT2D eigenvalue weighted by Gasteiger charge is 2.07. The van der Waals surface area contributed by atoms with Crippen molar-refractivity contribution in [3.63, 3.8) is 0 Å². The number of carbonyl (C=O) groups excluding carboxylic acids is 1. The monoisotopic (exact) mass is 299 g/mol. The molecule has 0 spiro atoms. The van der Waals surface area contributed by atoms with Crippen molar-refractivity contribution in [1.29, 1.82) is 0 Å². The maximum atomic E-state index is 11.9. The molecule has 0 aliphatic carbocycles. The van der Waals surface area contributed by atoms with Crippen LogP contribution >= 0.6 is 0 Å². The van der Waals surface area contributed by atoms with E-state index in [1.807, 2.05) is 31.2 Å². The molecule has 4 nitrogen and oxygen atoms in total. The van der Waals surface area contributed by atoms with E-state index >= 15 is 0 Å². The van der Waals surface area contributed by atoms with Crippen LogP contribution in [0.2, 0.25) is 0 Å². The van der Waals surface area contributed by atoms with E-state index in [2.05, 4.69) is 11.4 Å². The Hall–Kier alpha value is -2.33. The fraction of sp³-hybridized carbons (Fsp3) is 0.278. The van der Waals surface area contributed by atoms with E-state index in [0.717, 1.165) is 5.56 Å². The topological polar surface area (TPSA) is 58.6 Å². The van der Waals surface area contributed by atoms with E-state index < -0.39 is 6.10 Å². The summed E-state index contributed by atoms with van der Waals surface area (Å²) in [5.41, 5.74) is 2.79. The zero-order valence-electron chi connectivity index (χ0n) is 12.9. The van der Waals surface area contributed by atoms with Crippen molar-refractivity contribution < 1.29 is 14.6 Å². The number of aliphatic hydroxyl groups is 1. The number of ether oxygens (including phenoxy) is 1. The number of carbonyl (C=O) groups is 1. The summed E-state index contributed by atoms with van der Waals surface area (Å²) in [4.78, 5) is 11.9. The number of aliphatic hydroxyl groups excluding tert-OH is 1. The average Bonchev–Trinajstić information content (AvgIpc) is 2.51. The third-order valence-corrected chi connectivity index (χ3v) is 3.14. The van der Waals surface area contributed by atoms with E-state index in [9.17, 15) is 9.90 Å². The molecule has 0 aliphatic rings. The largest absolute Gasteiger partial charge is 0.489 e. The van der Waals surface area contributed by atoms with Crippen molar-refractivity contribution in [2.45, 2.75) is 26.6 Å². The summed E-state index contributed by atoms with van der Waals surface area (Å²) in [6, 6.07) is 15.1. The van der Waals surface area contributed by atoms with Gasteiger partial charge in [-0.1, -0.05) is 35.9 Å². The molecule has 22 heavy (non-hydrogen) atoms. The molecule has 4 heteroatoms. The SMILES string of the molecule is Cc1cccc(COc2cccc(C(=O)NCC(C)O)c2)c1. The molecule has 2 N–H and O–H groups in total. The summed E-state index contributed by atoms with van der Waals surface area (Å²) < 4.78 is 5.73. The number of benzene rings is 2. The minimum absolute atomic E-state index is 0.220. The summed E-state index contributed by atoms with van der Waals surface area (Å²) in [6.45, 7) is 4.35. The lowest BCUT2D eigenvalue weighted by Gasteiger charge is -2.10. The third kappa shape index (κ3) is 4.90. The summed E-state index contributed by atoms with van der Waals surface area (Å²) in [5, 5.41) is 11.9. The molecule has 0 bridgehead atoms. The Bertz CT molecular complexity index is 638. The average molecular weight is 299 g/mol. The minimum Gasteiger partial charge on any atom is -0.489 e. The number of nitrogens with one attached hydrogen (secondary N) is 1. The number of hydrogen-bond donors (Lipinski definition) is 2. The fourth-order valence-corrected chi connectivity index (χ4v) is 2.04. The van der Waals surface area contributed by atoms with Gasteiger partial charge in [0.15, 0.2) is 0 Å². The van der Waals surface area contributed by atoms with Crippen LogP contribution in [-0.4, -0.2) is 23.7 Å². The van der Waals surface area contributed by atoms with Crippen molar-refractivity contribution in [3.05, 3.63) is 65.2 Å². The van der Waals surface area contributed by atoms with Gasteiger partial charge in [-0.15, -0.1) is 0 Å². The molecule has 1 unspecified atom stereocenters. The lowest BCUT2D eigenvalue weighted by molar-refractivity contribution is 0.0923. The van der Waals surface area contributed by atoms with Gasteiger partial charge in [-0.25, -0.2) is 0 Å². The maximum absolute atomic E-state index is 11.9. The van der Waals surface area contributed by atoms with Crippen LogP contribution in [0.3, 0.4) is 0 Å². The molecule has 0 radical (unpaired) electrons. The van der Waals surface area contributed by atoms with Crippen molar-refractivity contribution in [3.8, 4) is 5.75 Å². The quantitative estimate of drug-likeness (QED) is 0.862. The summed E-state index contributed by atoms with van der Waals surface area (Å²) in [7, 11) is 0. The Kier molecular flexibility index (Phi) is 5.55. The highest BCUT2D eigenvalue weighted by molar-refractivity contribution is 5.94. The van der Waals surface area contributed by atoms with E-state index in [4.69, 9.17) is 4.74 Å². The van der Waals surface area contributed by atoms with Gasteiger partial charge in [0.25, 0.3) is 5.91 Å². The first-order valence-electron chi connectivity index (χ1n) is 7.29. The Morgan fingerprint density at radius 3 is 2.73 bits per heavy atom. The molecule has 0 aliphatic heterocycles. The lowest BCUT2D eigenvalue weighted by Crippen LogP contribution is -2.30. The predicted molar refractivity (Wildman–Crippen MR) is 86.0 cm³/mol. The smallest absolute Gasteiger partial charge is 0.251 e. The van der Waals surface area contributed by atoms with E-state index in [1.165, 1.54) is 5.56 Å². The van der Waals surface area contributed by atoms with Gasteiger partial charge < -0.3 is 15.2 Å². The van der Waals surface area contributed by atoms with Gasteiger partial charge in [-0.3, -0.25) is 4.79 Å². The van der Waals surface area contributed by atoms with Crippen LogP contribution in [0.25, 0.3) is 0 Å². The third-order valence-electron chi connectivity index (χ3n) is 3.14. The van der Waals surface area contributed by atoms with Crippen LogP contribution in [0.5, 0.6) is 5.75 Å². The van der Waals surface area contributed by atoms with E-state index in [1.54, 1.807) is 25.1 Å². The highest BCUT2D eigenvalue weighted by atomic mass is 16.5. The molecule has 2 aromatic carbocycles. The molecule has 0 saturated carbocycles. The molecular weight excluding hydrogens is 278 g/mol. The van der Waals surface area contributed by atoms with Gasteiger partial charge >= 0.3 is 0 Å². The first kappa shape index (κ1) is 16.0. The number of amides is 1. The normalized spacial score (nSPS) is 11.8. The second-order valence-corrected chi connectivity index (χ2v) is 5.36. The van der Waals surface area contributed by atoms with E-state index in [-0.39, 0.29) is 12.5 Å². The molecule has 1 amide bonds. The number of hydrogen-bond acceptors (Lipinski definition) is 3. The second kappa shape index (κ2) is 7.61. The first-order valence-corrected chi connectivity index (χ1v) is 7.29. The predicted octanol–water partition coefficient (Wildman–Crippen LogP) is 2.68. The minimum atomic E-state index is -0.565. The Morgan fingerprint density at radius 1 is 1.23 bits per heavy atom. The van der Waals surface area contributed by atoms with Gasteiger partial charge in [0.2, 0.25) is 0 Å². The molecule has 2 rings (SSSR count). The number of aryl methyl sites for hydroxylation is 1. The maximum Gasteiger partial charge on any atom is 0.251 e. The molecular formula is C18H21NO3. The first-order chi connectivity index (χ1) is 10.5. The highest BCUT2D eigenvalue weighted by Crippen LogP contribution is 2.15. The van der Waals surface area contributed by atoms with Gasteiger partial charge in [-0.05, 0) is 37.6 Å². The van der Waals surface area contributed by atoms with Crippen LogP contribution in [0.15, 0.2) is 48.5 Å². The Balaban J connectivity index is 1.97. The molecule has 0 heterocycles. The molecule has 0 saturated heterocycles. The Morgan fingerprint density at radius 2 is 2.00 bits per heavy atom.